The highest BCUT2D eigenvalue weighted by molar-refractivity contribution is 5.84. The molecule has 1 aliphatic carbocycles. The molecule has 3 nitrogen and oxygen atoms in total. The number of Topliss-reactive ketones (excluding diaryl/α,β-unsaturated/α-hetero) is 1. The minimum atomic E-state index is 0.214. The van der Waals surface area contributed by atoms with Crippen LogP contribution in [0.15, 0.2) is 0 Å². The van der Waals surface area contributed by atoms with E-state index in [1.165, 1.54) is 38.8 Å². The molecule has 17 heavy (non-hydrogen) atoms. The van der Waals surface area contributed by atoms with Gasteiger partial charge in [0.25, 0.3) is 0 Å². The van der Waals surface area contributed by atoms with Crippen molar-refractivity contribution in [3.05, 3.63) is 0 Å². The summed E-state index contributed by atoms with van der Waals surface area (Å²) < 4.78 is 0. The molecule has 0 bridgehead atoms. The monoisotopic (exact) mass is 238 g/mol. The zero-order valence-electron chi connectivity index (χ0n) is 11.3. The van der Waals surface area contributed by atoms with Crippen LogP contribution in [-0.2, 0) is 4.79 Å². The summed E-state index contributed by atoms with van der Waals surface area (Å²) in [4.78, 5) is 16.9. The van der Waals surface area contributed by atoms with Gasteiger partial charge in [0.05, 0.1) is 6.04 Å². The Morgan fingerprint density at radius 1 is 1.12 bits per heavy atom. The van der Waals surface area contributed by atoms with E-state index in [0.717, 1.165) is 19.3 Å². The summed E-state index contributed by atoms with van der Waals surface area (Å²) in [5, 5.41) is 0. The number of rotatable bonds is 2. The average Bonchev–Trinajstić information content (AvgIpc) is 2.54. The lowest BCUT2D eigenvalue weighted by Crippen LogP contribution is -2.48. The molecule has 1 saturated carbocycles. The Kier molecular flexibility index (Phi) is 4.57. The third-order valence-corrected chi connectivity index (χ3v) is 4.53. The molecule has 1 aliphatic heterocycles. The van der Waals surface area contributed by atoms with Crippen molar-refractivity contribution in [1.82, 2.24) is 9.80 Å². The van der Waals surface area contributed by atoms with E-state index in [9.17, 15) is 4.79 Å². The van der Waals surface area contributed by atoms with Gasteiger partial charge in [0, 0.05) is 12.5 Å². The Balaban J connectivity index is 1.93. The maximum absolute atomic E-state index is 12.1. The van der Waals surface area contributed by atoms with Crippen molar-refractivity contribution >= 4 is 5.78 Å². The lowest BCUT2D eigenvalue weighted by molar-refractivity contribution is -0.124. The van der Waals surface area contributed by atoms with E-state index >= 15 is 0 Å². The maximum Gasteiger partial charge on any atom is 0.149 e. The van der Waals surface area contributed by atoms with Gasteiger partial charge in [0.2, 0.25) is 0 Å². The average molecular weight is 238 g/mol. The first-order valence-electron chi connectivity index (χ1n) is 7.11. The Hall–Kier alpha value is -0.410. The molecular weight excluding hydrogens is 212 g/mol. The zero-order valence-corrected chi connectivity index (χ0v) is 11.3. The number of likely N-dealkylation sites (tertiary alicyclic amines) is 1. The molecule has 0 aromatic rings. The Bertz CT molecular complexity index is 259. The number of likely N-dealkylation sites (N-methyl/N-ethyl adjacent to an activating group) is 1. The third kappa shape index (κ3) is 3.29. The summed E-state index contributed by atoms with van der Waals surface area (Å²) >= 11 is 0. The van der Waals surface area contributed by atoms with Crippen molar-refractivity contribution in [2.75, 3.05) is 27.2 Å². The van der Waals surface area contributed by atoms with Crippen molar-refractivity contribution in [3.8, 4) is 0 Å². The van der Waals surface area contributed by atoms with Crippen LogP contribution in [0.1, 0.15) is 44.9 Å². The first-order valence-corrected chi connectivity index (χ1v) is 7.11. The Morgan fingerprint density at radius 3 is 2.53 bits per heavy atom. The van der Waals surface area contributed by atoms with Crippen LogP contribution >= 0.6 is 0 Å². The molecule has 1 saturated heterocycles. The van der Waals surface area contributed by atoms with Gasteiger partial charge in [-0.1, -0.05) is 12.8 Å². The van der Waals surface area contributed by atoms with Crippen LogP contribution in [0.2, 0.25) is 0 Å². The SMILES string of the molecule is CN1CCC(N(C)C2CCCCCC2=O)CC1. The van der Waals surface area contributed by atoms with Crippen LogP contribution in [-0.4, -0.2) is 54.9 Å². The van der Waals surface area contributed by atoms with Crippen molar-refractivity contribution in [1.29, 1.82) is 0 Å². The lowest BCUT2D eigenvalue weighted by Gasteiger charge is -2.38. The minimum Gasteiger partial charge on any atom is -0.306 e. The quantitative estimate of drug-likeness (QED) is 0.687. The fourth-order valence-electron chi connectivity index (χ4n) is 3.23. The lowest BCUT2D eigenvalue weighted by atomic mass is 9.98. The first kappa shape index (κ1) is 13.0. The molecule has 0 aromatic heterocycles. The minimum absolute atomic E-state index is 0.214. The smallest absolute Gasteiger partial charge is 0.149 e. The van der Waals surface area contributed by atoms with Gasteiger partial charge >= 0.3 is 0 Å². The van der Waals surface area contributed by atoms with Crippen molar-refractivity contribution in [2.45, 2.75) is 57.0 Å². The maximum atomic E-state index is 12.1. The van der Waals surface area contributed by atoms with Crippen LogP contribution in [0.3, 0.4) is 0 Å². The predicted molar refractivity (Wildman–Crippen MR) is 70.2 cm³/mol. The molecule has 2 fully saturated rings. The predicted octanol–water partition coefficient (Wildman–Crippen LogP) is 1.91. The van der Waals surface area contributed by atoms with Crippen LogP contribution < -0.4 is 0 Å². The van der Waals surface area contributed by atoms with Crippen molar-refractivity contribution in [2.24, 2.45) is 0 Å². The molecule has 1 heterocycles. The summed E-state index contributed by atoms with van der Waals surface area (Å²) in [5.74, 6) is 0.490. The second-order valence-corrected chi connectivity index (χ2v) is 5.78. The van der Waals surface area contributed by atoms with E-state index in [1.807, 2.05) is 0 Å². The number of ketones is 1. The van der Waals surface area contributed by atoms with Gasteiger partial charge < -0.3 is 4.90 Å². The molecular formula is C14H26N2O. The number of hydrogen-bond donors (Lipinski definition) is 0. The molecule has 1 unspecified atom stereocenters. The normalized spacial score (nSPS) is 29.6. The van der Waals surface area contributed by atoms with E-state index in [-0.39, 0.29) is 6.04 Å². The highest BCUT2D eigenvalue weighted by Crippen LogP contribution is 2.23. The fraction of sp³-hybridized carbons (Fsp3) is 0.929. The largest absolute Gasteiger partial charge is 0.306 e. The molecule has 0 spiro atoms. The summed E-state index contributed by atoms with van der Waals surface area (Å²) in [6.07, 6.45) is 7.91. The molecule has 0 aromatic carbocycles. The highest BCUT2D eigenvalue weighted by atomic mass is 16.1. The molecule has 3 heteroatoms. The second-order valence-electron chi connectivity index (χ2n) is 5.78. The topological polar surface area (TPSA) is 23.6 Å². The number of carbonyl (C=O) groups excluding carboxylic acids is 1. The summed E-state index contributed by atoms with van der Waals surface area (Å²) in [5.41, 5.74) is 0. The zero-order chi connectivity index (χ0) is 12.3. The van der Waals surface area contributed by atoms with Gasteiger partial charge in [-0.15, -0.1) is 0 Å². The first-order chi connectivity index (χ1) is 8.18. The van der Waals surface area contributed by atoms with Crippen molar-refractivity contribution in [3.63, 3.8) is 0 Å². The van der Waals surface area contributed by atoms with Crippen LogP contribution in [0.25, 0.3) is 0 Å². The molecule has 1 atom stereocenters. The summed E-state index contributed by atoms with van der Waals surface area (Å²) in [6, 6.07) is 0.837. The fourth-order valence-corrected chi connectivity index (χ4v) is 3.23. The summed E-state index contributed by atoms with van der Waals surface area (Å²) in [7, 11) is 4.36. The molecule has 2 rings (SSSR count). The van der Waals surface area contributed by atoms with E-state index in [1.54, 1.807) is 0 Å². The molecule has 0 N–H and O–H groups in total. The van der Waals surface area contributed by atoms with Crippen LogP contribution in [0.4, 0.5) is 0 Å². The summed E-state index contributed by atoms with van der Waals surface area (Å²) in [6.45, 7) is 2.35. The Morgan fingerprint density at radius 2 is 1.82 bits per heavy atom. The number of hydrogen-bond acceptors (Lipinski definition) is 3. The highest BCUT2D eigenvalue weighted by Gasteiger charge is 2.30. The standard InChI is InChI=1S/C14H26N2O/c1-15-10-8-12(9-11-15)16(2)13-6-4-3-5-7-14(13)17/h12-13H,3-11H2,1-2H3. The van der Waals surface area contributed by atoms with E-state index < -0.39 is 0 Å². The third-order valence-electron chi connectivity index (χ3n) is 4.53. The van der Waals surface area contributed by atoms with Gasteiger partial charge in [-0.25, -0.2) is 0 Å². The number of piperidine rings is 1. The van der Waals surface area contributed by atoms with Crippen LogP contribution in [0.5, 0.6) is 0 Å². The van der Waals surface area contributed by atoms with Gasteiger partial charge in [0.1, 0.15) is 5.78 Å². The van der Waals surface area contributed by atoms with Crippen molar-refractivity contribution < 1.29 is 4.79 Å². The van der Waals surface area contributed by atoms with E-state index in [0.29, 0.717) is 11.8 Å². The molecule has 0 amide bonds. The Labute approximate surface area is 105 Å². The van der Waals surface area contributed by atoms with Crippen LogP contribution in [0, 0.1) is 0 Å². The molecule has 0 radical (unpaired) electrons. The van der Waals surface area contributed by atoms with Gasteiger partial charge in [-0.2, -0.15) is 0 Å². The molecule has 98 valence electrons. The van der Waals surface area contributed by atoms with Gasteiger partial charge in [0.15, 0.2) is 0 Å². The van der Waals surface area contributed by atoms with Gasteiger partial charge in [-0.05, 0) is 52.9 Å². The number of carbonyl (C=O) groups is 1. The van der Waals surface area contributed by atoms with Gasteiger partial charge in [-0.3, -0.25) is 9.69 Å². The molecule has 2 aliphatic rings. The van der Waals surface area contributed by atoms with E-state index in [2.05, 4.69) is 23.9 Å². The second kappa shape index (κ2) is 5.96. The number of nitrogens with zero attached hydrogens (tertiary/aromatic N) is 2. The van der Waals surface area contributed by atoms with E-state index in [4.69, 9.17) is 0 Å².